The first-order valence-corrected chi connectivity index (χ1v) is 4.59. The molecular weight excluding hydrogens is 188 g/mol. The minimum absolute atomic E-state index is 0.212. The van der Waals surface area contributed by atoms with Crippen molar-refractivity contribution in [2.45, 2.75) is 32.7 Å². The van der Waals surface area contributed by atoms with E-state index >= 15 is 0 Å². The van der Waals surface area contributed by atoms with E-state index < -0.39 is 17.9 Å². The number of ether oxygens (including phenoxy) is 3. The maximum absolute atomic E-state index is 11.5. The van der Waals surface area contributed by atoms with Crippen molar-refractivity contribution in [3.63, 3.8) is 0 Å². The number of methoxy groups -OCH3 is 1. The van der Waals surface area contributed by atoms with E-state index in [1.807, 2.05) is 0 Å². The molecule has 0 bridgehead atoms. The van der Waals surface area contributed by atoms with Crippen molar-refractivity contribution in [3.8, 4) is 0 Å². The van der Waals surface area contributed by atoms with Gasteiger partial charge >= 0.3 is 5.97 Å². The molecule has 1 N–H and O–H groups in total. The fraction of sp³-hybridized carbons (Fsp3) is 0.889. The third kappa shape index (κ3) is 2.67. The molecule has 0 saturated heterocycles. The van der Waals surface area contributed by atoms with Crippen molar-refractivity contribution in [2.75, 3.05) is 20.3 Å². The summed E-state index contributed by atoms with van der Waals surface area (Å²) in [5.41, 5.74) is 0. The van der Waals surface area contributed by atoms with Gasteiger partial charge in [-0.3, -0.25) is 0 Å². The van der Waals surface area contributed by atoms with Gasteiger partial charge in [-0.15, -0.1) is 0 Å². The summed E-state index contributed by atoms with van der Waals surface area (Å²) in [5, 5.41) is 9.44. The topological polar surface area (TPSA) is 65.0 Å². The summed E-state index contributed by atoms with van der Waals surface area (Å²) in [6.45, 7) is 5.25. The van der Waals surface area contributed by atoms with E-state index in [0.717, 1.165) is 0 Å². The minimum Gasteiger partial charge on any atom is -0.462 e. The molecule has 84 valence electrons. The zero-order chi connectivity index (χ0) is 11.2. The molecule has 5 heteroatoms. The molecule has 0 radical (unpaired) electrons. The van der Waals surface area contributed by atoms with E-state index in [1.165, 1.54) is 14.0 Å². The van der Waals surface area contributed by atoms with E-state index in [-0.39, 0.29) is 13.2 Å². The monoisotopic (exact) mass is 206 g/mol. The van der Waals surface area contributed by atoms with Crippen molar-refractivity contribution in [2.24, 2.45) is 0 Å². The molecule has 5 nitrogen and oxygen atoms in total. The number of carbonyl (C=O) groups is 1. The van der Waals surface area contributed by atoms with Crippen LogP contribution in [0.2, 0.25) is 0 Å². The largest absolute Gasteiger partial charge is 0.462 e. The SMILES string of the molecule is CCOC(=O)C(OC)(OCC)C(C)O. The van der Waals surface area contributed by atoms with Crippen LogP contribution in [0.1, 0.15) is 20.8 Å². The molecule has 0 fully saturated rings. The third-order valence-electron chi connectivity index (χ3n) is 1.77. The normalized spacial score (nSPS) is 17.2. The lowest BCUT2D eigenvalue weighted by molar-refractivity contribution is -0.268. The van der Waals surface area contributed by atoms with Crippen molar-refractivity contribution in [3.05, 3.63) is 0 Å². The summed E-state index contributed by atoms with van der Waals surface area (Å²) in [4.78, 5) is 11.5. The lowest BCUT2D eigenvalue weighted by atomic mass is 10.1. The highest BCUT2D eigenvalue weighted by Gasteiger charge is 2.46. The van der Waals surface area contributed by atoms with Crippen LogP contribution in [0, 0.1) is 0 Å². The van der Waals surface area contributed by atoms with Crippen molar-refractivity contribution in [1.82, 2.24) is 0 Å². The molecule has 2 unspecified atom stereocenters. The summed E-state index contributed by atoms with van der Waals surface area (Å²) in [6.07, 6.45) is -1.09. The molecular formula is C9H18O5. The van der Waals surface area contributed by atoms with Gasteiger partial charge in [-0.1, -0.05) is 0 Å². The molecule has 0 amide bonds. The summed E-state index contributed by atoms with van der Waals surface area (Å²) >= 11 is 0. The Morgan fingerprint density at radius 2 is 2.00 bits per heavy atom. The first-order valence-electron chi connectivity index (χ1n) is 4.59. The van der Waals surface area contributed by atoms with Crippen LogP contribution in [0.4, 0.5) is 0 Å². The van der Waals surface area contributed by atoms with Crippen molar-refractivity contribution >= 4 is 5.97 Å². The van der Waals surface area contributed by atoms with Crippen LogP contribution in [0.15, 0.2) is 0 Å². The maximum atomic E-state index is 11.5. The summed E-state index contributed by atoms with van der Waals surface area (Å²) in [7, 11) is 1.29. The second-order valence-corrected chi connectivity index (χ2v) is 2.70. The number of hydrogen-bond donors (Lipinski definition) is 1. The van der Waals surface area contributed by atoms with Crippen LogP contribution in [0.3, 0.4) is 0 Å². The number of hydrogen-bond acceptors (Lipinski definition) is 5. The molecule has 0 saturated carbocycles. The third-order valence-corrected chi connectivity index (χ3v) is 1.77. The van der Waals surface area contributed by atoms with Crippen LogP contribution in [0.5, 0.6) is 0 Å². The smallest absolute Gasteiger partial charge is 0.369 e. The number of carbonyl (C=O) groups excluding carboxylic acids is 1. The van der Waals surface area contributed by atoms with E-state index in [1.54, 1.807) is 13.8 Å². The average Bonchev–Trinajstić information content (AvgIpc) is 2.14. The highest BCUT2D eigenvalue weighted by atomic mass is 16.7. The molecule has 0 aliphatic rings. The highest BCUT2D eigenvalue weighted by Crippen LogP contribution is 2.19. The van der Waals surface area contributed by atoms with Gasteiger partial charge < -0.3 is 19.3 Å². The predicted octanol–water partition coefficient (Wildman–Crippen LogP) is 0.310. The molecule has 2 atom stereocenters. The number of esters is 1. The first kappa shape index (κ1) is 13.4. The summed E-state index contributed by atoms with van der Waals surface area (Å²) in [6, 6.07) is 0. The zero-order valence-electron chi connectivity index (χ0n) is 9.07. The van der Waals surface area contributed by atoms with Crippen molar-refractivity contribution in [1.29, 1.82) is 0 Å². The van der Waals surface area contributed by atoms with Gasteiger partial charge in [-0.25, -0.2) is 4.79 Å². The zero-order valence-corrected chi connectivity index (χ0v) is 9.07. The lowest BCUT2D eigenvalue weighted by Gasteiger charge is -2.31. The Hall–Kier alpha value is -0.650. The minimum atomic E-state index is -1.70. The Morgan fingerprint density at radius 3 is 2.29 bits per heavy atom. The Morgan fingerprint density at radius 1 is 1.43 bits per heavy atom. The molecule has 14 heavy (non-hydrogen) atoms. The van der Waals surface area contributed by atoms with Gasteiger partial charge in [0.15, 0.2) is 0 Å². The fourth-order valence-electron chi connectivity index (χ4n) is 1.11. The Kier molecular flexibility index (Phi) is 5.68. The molecule has 0 rings (SSSR count). The number of aliphatic hydroxyl groups is 1. The van der Waals surface area contributed by atoms with Gasteiger partial charge in [-0.2, -0.15) is 0 Å². The fourth-order valence-corrected chi connectivity index (χ4v) is 1.11. The van der Waals surface area contributed by atoms with Crippen molar-refractivity contribution < 1.29 is 24.1 Å². The van der Waals surface area contributed by atoms with Gasteiger partial charge in [0.05, 0.1) is 6.61 Å². The molecule has 0 aliphatic heterocycles. The van der Waals surface area contributed by atoms with E-state index in [2.05, 4.69) is 0 Å². The molecule has 0 aromatic rings. The molecule has 0 aliphatic carbocycles. The highest BCUT2D eigenvalue weighted by molar-refractivity contribution is 5.78. The second-order valence-electron chi connectivity index (χ2n) is 2.70. The molecule has 0 spiro atoms. The Labute approximate surface area is 84.0 Å². The number of rotatable bonds is 6. The number of aliphatic hydroxyl groups excluding tert-OH is 1. The average molecular weight is 206 g/mol. The Bertz CT molecular complexity index is 180. The quantitative estimate of drug-likeness (QED) is 0.500. The Balaban J connectivity index is 4.73. The summed E-state index contributed by atoms with van der Waals surface area (Å²) < 4.78 is 14.8. The van der Waals surface area contributed by atoms with E-state index in [4.69, 9.17) is 14.2 Å². The van der Waals surface area contributed by atoms with Gasteiger partial charge in [-0.05, 0) is 20.8 Å². The molecule has 0 aromatic carbocycles. The van der Waals surface area contributed by atoms with Gasteiger partial charge in [0.2, 0.25) is 0 Å². The summed E-state index contributed by atoms with van der Waals surface area (Å²) in [5.74, 6) is -2.41. The van der Waals surface area contributed by atoms with Crippen LogP contribution in [-0.4, -0.2) is 43.3 Å². The molecule has 0 heterocycles. The van der Waals surface area contributed by atoms with Crippen LogP contribution < -0.4 is 0 Å². The van der Waals surface area contributed by atoms with Gasteiger partial charge in [0.1, 0.15) is 6.10 Å². The van der Waals surface area contributed by atoms with Crippen LogP contribution in [-0.2, 0) is 19.0 Å². The second kappa shape index (κ2) is 5.95. The lowest BCUT2D eigenvalue weighted by Crippen LogP contribution is -2.53. The van der Waals surface area contributed by atoms with Gasteiger partial charge in [0, 0.05) is 13.7 Å². The van der Waals surface area contributed by atoms with Crippen LogP contribution in [0.25, 0.3) is 0 Å². The standard InChI is InChI=1S/C9H18O5/c1-5-13-8(11)9(12-4,7(3)10)14-6-2/h7,10H,5-6H2,1-4H3. The van der Waals surface area contributed by atoms with E-state index in [0.29, 0.717) is 0 Å². The molecule has 0 aromatic heterocycles. The van der Waals surface area contributed by atoms with Crippen LogP contribution >= 0.6 is 0 Å². The maximum Gasteiger partial charge on any atom is 0.369 e. The van der Waals surface area contributed by atoms with Gasteiger partial charge in [0.25, 0.3) is 5.79 Å². The predicted molar refractivity (Wildman–Crippen MR) is 49.7 cm³/mol. The first-order chi connectivity index (χ1) is 6.55. The van der Waals surface area contributed by atoms with E-state index in [9.17, 15) is 9.90 Å².